The van der Waals surface area contributed by atoms with Crippen LogP contribution in [-0.2, 0) is 10.2 Å². The van der Waals surface area contributed by atoms with Crippen LogP contribution in [0.3, 0.4) is 0 Å². The number of nitrogens with one attached hydrogen (secondary N) is 1. The average Bonchev–Trinajstić information content (AvgIpc) is 2.91. The Morgan fingerprint density at radius 1 is 0.880 bits per heavy atom. The van der Waals surface area contributed by atoms with Crippen molar-refractivity contribution in [2.45, 2.75) is 12.3 Å². The number of rotatable bonds is 2. The molecule has 1 aliphatic heterocycles. The van der Waals surface area contributed by atoms with Gasteiger partial charge in [0.2, 0.25) is 5.91 Å². The summed E-state index contributed by atoms with van der Waals surface area (Å²) in [6.07, 6.45) is 1.64. The zero-order valence-corrected chi connectivity index (χ0v) is 13.4. The third kappa shape index (κ3) is 2.16. The zero-order valence-electron chi connectivity index (χ0n) is 13.4. The van der Waals surface area contributed by atoms with Gasteiger partial charge >= 0.3 is 0 Å². The lowest BCUT2D eigenvalue weighted by atomic mass is 9.72. The largest absolute Gasteiger partial charge is 0.323 e. The monoisotopic (exact) mass is 336 g/mol. The van der Waals surface area contributed by atoms with Crippen LogP contribution >= 0.6 is 0 Å². The number of anilines is 1. The summed E-state index contributed by atoms with van der Waals surface area (Å²) < 4.78 is 26.9. The topological polar surface area (TPSA) is 42.0 Å². The van der Waals surface area contributed by atoms with Gasteiger partial charge in [-0.1, -0.05) is 24.3 Å². The van der Waals surface area contributed by atoms with Crippen molar-refractivity contribution in [1.82, 2.24) is 4.98 Å². The Morgan fingerprint density at radius 2 is 1.40 bits per heavy atom. The maximum absolute atomic E-state index is 13.4. The minimum atomic E-state index is -1.25. The molecule has 0 unspecified atom stereocenters. The highest BCUT2D eigenvalue weighted by Gasteiger charge is 2.51. The quantitative estimate of drug-likeness (QED) is 0.770. The van der Waals surface area contributed by atoms with E-state index < -0.39 is 17.0 Å². The van der Waals surface area contributed by atoms with Gasteiger partial charge in [0.05, 0.1) is 11.4 Å². The fraction of sp³-hybridized carbons (Fsp3) is 0.100. The number of carbonyl (C=O) groups is 1. The molecule has 0 fully saturated rings. The third-order valence-electron chi connectivity index (χ3n) is 4.65. The van der Waals surface area contributed by atoms with E-state index in [4.69, 9.17) is 0 Å². The van der Waals surface area contributed by atoms with Gasteiger partial charge in [-0.25, -0.2) is 8.78 Å². The number of benzene rings is 2. The van der Waals surface area contributed by atoms with Crippen LogP contribution in [0.25, 0.3) is 0 Å². The van der Waals surface area contributed by atoms with E-state index in [1.54, 1.807) is 30.5 Å². The molecular weight excluding hydrogens is 322 g/mol. The normalized spacial score (nSPS) is 14.9. The maximum atomic E-state index is 13.4. The van der Waals surface area contributed by atoms with Gasteiger partial charge in [0.1, 0.15) is 17.0 Å². The number of carbonyl (C=O) groups excluding carboxylic acids is 1. The fourth-order valence-corrected chi connectivity index (χ4v) is 3.42. The molecule has 124 valence electrons. The van der Waals surface area contributed by atoms with Gasteiger partial charge < -0.3 is 5.32 Å². The van der Waals surface area contributed by atoms with Crippen molar-refractivity contribution in [2.75, 3.05) is 5.32 Å². The highest BCUT2D eigenvalue weighted by molar-refractivity contribution is 6.11. The third-order valence-corrected chi connectivity index (χ3v) is 4.65. The van der Waals surface area contributed by atoms with Crippen LogP contribution < -0.4 is 5.32 Å². The van der Waals surface area contributed by atoms with Crippen molar-refractivity contribution in [3.63, 3.8) is 0 Å². The van der Waals surface area contributed by atoms with Gasteiger partial charge in [-0.3, -0.25) is 9.78 Å². The molecule has 0 atom stereocenters. The summed E-state index contributed by atoms with van der Waals surface area (Å²) in [4.78, 5) is 17.6. The van der Waals surface area contributed by atoms with Gasteiger partial charge in [0.15, 0.2) is 0 Å². The van der Waals surface area contributed by atoms with Crippen LogP contribution in [-0.4, -0.2) is 10.9 Å². The van der Waals surface area contributed by atoms with Gasteiger partial charge in [0.25, 0.3) is 0 Å². The molecular formula is C20H14F2N2O. The minimum Gasteiger partial charge on any atom is -0.323 e. The first-order chi connectivity index (χ1) is 12.0. The maximum Gasteiger partial charge on any atom is 0.245 e. The fourth-order valence-electron chi connectivity index (χ4n) is 3.42. The lowest BCUT2D eigenvalue weighted by Gasteiger charge is -2.28. The number of amides is 1. The Kier molecular flexibility index (Phi) is 3.39. The highest BCUT2D eigenvalue weighted by atomic mass is 19.1. The zero-order chi connectivity index (χ0) is 17.6. The number of fused-ring (bicyclic) bond motifs is 1. The van der Waals surface area contributed by atoms with Crippen molar-refractivity contribution >= 4 is 11.6 Å². The van der Waals surface area contributed by atoms with E-state index in [0.717, 1.165) is 5.56 Å². The van der Waals surface area contributed by atoms with Crippen molar-refractivity contribution in [2.24, 2.45) is 0 Å². The van der Waals surface area contributed by atoms with Crippen LogP contribution in [0, 0.1) is 18.6 Å². The summed E-state index contributed by atoms with van der Waals surface area (Å²) in [6, 6.07) is 13.3. The van der Waals surface area contributed by atoms with Gasteiger partial charge in [-0.15, -0.1) is 0 Å². The lowest BCUT2D eigenvalue weighted by molar-refractivity contribution is -0.118. The lowest BCUT2D eigenvalue weighted by Crippen LogP contribution is -2.37. The number of nitrogens with zero attached hydrogens (tertiary/aromatic N) is 1. The summed E-state index contributed by atoms with van der Waals surface area (Å²) in [5.41, 5.74) is 1.97. The number of hydrogen-bond acceptors (Lipinski definition) is 2. The Hall–Kier alpha value is -3.08. The number of halogens is 2. The summed E-state index contributed by atoms with van der Waals surface area (Å²) in [6.45, 7) is 1.88. The molecule has 3 nitrogen and oxygen atoms in total. The molecule has 5 heteroatoms. The smallest absolute Gasteiger partial charge is 0.245 e. The van der Waals surface area contributed by atoms with E-state index in [0.29, 0.717) is 22.5 Å². The molecule has 0 aliphatic carbocycles. The van der Waals surface area contributed by atoms with E-state index in [1.165, 1.54) is 24.3 Å². The van der Waals surface area contributed by atoms with Gasteiger partial charge in [-0.2, -0.15) is 0 Å². The van der Waals surface area contributed by atoms with Crippen LogP contribution in [0.15, 0.2) is 60.8 Å². The van der Waals surface area contributed by atoms with Crippen molar-refractivity contribution in [3.05, 3.63) is 94.8 Å². The Bertz CT molecular complexity index is 920. The Labute approximate surface area is 143 Å². The number of hydrogen-bond donors (Lipinski definition) is 1. The van der Waals surface area contributed by atoms with Crippen molar-refractivity contribution in [3.8, 4) is 0 Å². The first-order valence-corrected chi connectivity index (χ1v) is 7.83. The van der Waals surface area contributed by atoms with Crippen LogP contribution in [0.4, 0.5) is 14.5 Å². The molecule has 1 aromatic heterocycles. The first kappa shape index (κ1) is 15.4. The molecule has 0 spiro atoms. The molecule has 0 saturated carbocycles. The summed E-state index contributed by atoms with van der Waals surface area (Å²) >= 11 is 0. The van der Waals surface area contributed by atoms with E-state index >= 15 is 0 Å². The standard InChI is InChI=1S/C20H14F2N2O/c1-12-10-11-23-18-17(12)24-19(25)20(18,13-2-6-15(21)7-3-13)14-4-8-16(22)9-5-14/h2-11H,1H3,(H,24,25). The molecule has 3 aromatic rings. The predicted octanol–water partition coefficient (Wildman–Crippen LogP) is 3.95. The van der Waals surface area contributed by atoms with Gasteiger partial charge in [-0.05, 0) is 53.9 Å². The second-order valence-corrected chi connectivity index (χ2v) is 6.07. The molecule has 0 radical (unpaired) electrons. The Balaban J connectivity index is 2.08. The predicted molar refractivity (Wildman–Crippen MR) is 90.3 cm³/mol. The molecule has 4 rings (SSSR count). The van der Waals surface area contributed by atoms with E-state index in [2.05, 4.69) is 10.3 Å². The van der Waals surface area contributed by atoms with E-state index in [1.807, 2.05) is 13.0 Å². The number of pyridine rings is 1. The molecule has 1 N–H and O–H groups in total. The van der Waals surface area contributed by atoms with E-state index in [-0.39, 0.29) is 5.91 Å². The van der Waals surface area contributed by atoms with Crippen molar-refractivity contribution < 1.29 is 13.6 Å². The molecule has 0 saturated heterocycles. The highest BCUT2D eigenvalue weighted by Crippen LogP contribution is 2.47. The SMILES string of the molecule is Cc1ccnc2c1NC(=O)C2(c1ccc(F)cc1)c1ccc(F)cc1. The number of aryl methyl sites for hydroxylation is 1. The van der Waals surface area contributed by atoms with Crippen molar-refractivity contribution in [1.29, 1.82) is 0 Å². The van der Waals surface area contributed by atoms with Crippen LogP contribution in [0.2, 0.25) is 0 Å². The Morgan fingerprint density at radius 3 is 1.92 bits per heavy atom. The summed E-state index contributed by atoms with van der Waals surface area (Å²) in [5, 5.41) is 2.89. The molecule has 1 amide bonds. The summed E-state index contributed by atoms with van der Waals surface area (Å²) in [5.74, 6) is -1.08. The molecule has 2 heterocycles. The second-order valence-electron chi connectivity index (χ2n) is 6.07. The first-order valence-electron chi connectivity index (χ1n) is 7.83. The summed E-state index contributed by atoms with van der Waals surface area (Å²) in [7, 11) is 0. The molecule has 0 bridgehead atoms. The minimum absolute atomic E-state index is 0.289. The number of aromatic nitrogens is 1. The molecule has 2 aromatic carbocycles. The van der Waals surface area contributed by atoms with Crippen LogP contribution in [0.5, 0.6) is 0 Å². The van der Waals surface area contributed by atoms with Crippen LogP contribution in [0.1, 0.15) is 22.4 Å². The molecule has 1 aliphatic rings. The average molecular weight is 336 g/mol. The van der Waals surface area contributed by atoms with Gasteiger partial charge in [0, 0.05) is 6.20 Å². The second kappa shape index (κ2) is 5.48. The van der Waals surface area contributed by atoms with E-state index in [9.17, 15) is 13.6 Å². The molecule has 25 heavy (non-hydrogen) atoms.